The van der Waals surface area contributed by atoms with Gasteiger partial charge in [0.15, 0.2) is 0 Å². The maximum absolute atomic E-state index is 13.4. The third kappa shape index (κ3) is 1.94. The minimum Gasteiger partial charge on any atom is -0.464 e. The molecule has 1 fully saturated rings. The third-order valence-corrected chi connectivity index (χ3v) is 8.04. The normalized spacial score (nSPS) is 28.4. The molecule has 1 aromatic heterocycles. The van der Waals surface area contributed by atoms with Crippen LogP contribution in [-0.2, 0) is 10.0 Å². The minimum atomic E-state index is -3.52. The average Bonchev–Trinajstić information content (AvgIpc) is 3.25. The number of furan rings is 1. The lowest BCUT2D eigenvalue weighted by Gasteiger charge is -2.35. The number of sulfonamides is 1. The predicted octanol–water partition coefficient (Wildman–Crippen LogP) is 4.29. The summed E-state index contributed by atoms with van der Waals surface area (Å²) in [5.74, 6) is 0.911. The highest BCUT2D eigenvalue weighted by molar-refractivity contribution is 7.89. The SMILES string of the molecule is Cc1ccc(S(=O)(=O)N2CC[C@]34CCCC=C3c3occc3[C@H]24)cc1. The Balaban J connectivity index is 1.65. The van der Waals surface area contributed by atoms with Crippen LogP contribution in [0.25, 0.3) is 5.57 Å². The van der Waals surface area contributed by atoms with Crippen molar-refractivity contribution < 1.29 is 12.8 Å². The van der Waals surface area contributed by atoms with Crippen LogP contribution < -0.4 is 0 Å². The largest absolute Gasteiger partial charge is 0.464 e. The Bertz CT molecular complexity index is 971. The Kier molecular flexibility index (Phi) is 3.13. The topological polar surface area (TPSA) is 50.5 Å². The second-order valence-corrected chi connectivity index (χ2v) is 9.34. The number of hydrogen-bond donors (Lipinski definition) is 0. The Morgan fingerprint density at radius 3 is 2.76 bits per heavy atom. The molecule has 0 bridgehead atoms. The summed E-state index contributed by atoms with van der Waals surface area (Å²) in [5, 5.41) is 0. The van der Waals surface area contributed by atoms with E-state index in [9.17, 15) is 8.42 Å². The molecule has 1 aromatic carbocycles. The molecular weight excluding hydrogens is 334 g/mol. The molecule has 2 heterocycles. The van der Waals surface area contributed by atoms with Crippen molar-refractivity contribution in [3.8, 4) is 0 Å². The van der Waals surface area contributed by atoms with Gasteiger partial charge < -0.3 is 4.42 Å². The molecule has 4 nitrogen and oxygen atoms in total. The smallest absolute Gasteiger partial charge is 0.243 e. The maximum atomic E-state index is 13.4. The fourth-order valence-corrected chi connectivity index (χ4v) is 6.70. The van der Waals surface area contributed by atoms with Crippen molar-refractivity contribution in [1.82, 2.24) is 4.31 Å². The van der Waals surface area contributed by atoms with E-state index >= 15 is 0 Å². The Hall–Kier alpha value is -1.85. The fraction of sp³-hybridized carbons (Fsp3) is 0.400. The van der Waals surface area contributed by atoms with Crippen molar-refractivity contribution in [2.75, 3.05) is 6.54 Å². The average molecular weight is 355 g/mol. The highest BCUT2D eigenvalue weighted by Gasteiger charge is 2.60. The monoisotopic (exact) mass is 355 g/mol. The van der Waals surface area contributed by atoms with E-state index in [0.717, 1.165) is 42.6 Å². The first-order chi connectivity index (χ1) is 12.0. The molecule has 1 spiro atoms. The van der Waals surface area contributed by atoms with Gasteiger partial charge in [0.2, 0.25) is 10.0 Å². The van der Waals surface area contributed by atoms with Crippen LogP contribution in [0.1, 0.15) is 48.6 Å². The zero-order chi connectivity index (χ0) is 17.2. The van der Waals surface area contributed by atoms with Gasteiger partial charge in [0, 0.05) is 17.5 Å². The molecule has 130 valence electrons. The highest BCUT2D eigenvalue weighted by Crippen LogP contribution is 2.66. The molecule has 2 aromatic rings. The van der Waals surface area contributed by atoms with Gasteiger partial charge in [-0.15, -0.1) is 0 Å². The molecule has 1 saturated heterocycles. The van der Waals surface area contributed by atoms with Gasteiger partial charge in [-0.3, -0.25) is 0 Å². The van der Waals surface area contributed by atoms with Crippen LogP contribution in [0.5, 0.6) is 0 Å². The van der Waals surface area contributed by atoms with E-state index in [1.165, 1.54) is 5.57 Å². The number of hydrogen-bond acceptors (Lipinski definition) is 3. The number of benzene rings is 1. The molecule has 2 atom stereocenters. The number of aryl methyl sites for hydroxylation is 1. The van der Waals surface area contributed by atoms with Crippen LogP contribution in [0.4, 0.5) is 0 Å². The fourth-order valence-electron chi connectivity index (χ4n) is 5.03. The Morgan fingerprint density at radius 1 is 1.16 bits per heavy atom. The van der Waals surface area contributed by atoms with E-state index in [4.69, 9.17) is 4.42 Å². The van der Waals surface area contributed by atoms with Gasteiger partial charge >= 0.3 is 0 Å². The van der Waals surface area contributed by atoms with Crippen LogP contribution in [0.2, 0.25) is 0 Å². The third-order valence-electron chi connectivity index (χ3n) is 6.16. The van der Waals surface area contributed by atoms with Crippen LogP contribution >= 0.6 is 0 Å². The summed E-state index contributed by atoms with van der Waals surface area (Å²) in [6.45, 7) is 2.54. The van der Waals surface area contributed by atoms with Crippen LogP contribution in [0.15, 0.2) is 52.0 Å². The van der Waals surface area contributed by atoms with Crippen molar-refractivity contribution in [1.29, 1.82) is 0 Å². The summed E-state index contributed by atoms with van der Waals surface area (Å²) >= 11 is 0. The van der Waals surface area contributed by atoms with Gasteiger partial charge in [0.05, 0.1) is 17.2 Å². The molecule has 0 amide bonds. The molecule has 0 radical (unpaired) electrons. The zero-order valence-electron chi connectivity index (χ0n) is 14.2. The van der Waals surface area contributed by atoms with E-state index in [-0.39, 0.29) is 11.5 Å². The predicted molar refractivity (Wildman–Crippen MR) is 95.4 cm³/mol. The first kappa shape index (κ1) is 15.4. The summed E-state index contributed by atoms with van der Waals surface area (Å²) in [5.41, 5.74) is 3.25. The zero-order valence-corrected chi connectivity index (χ0v) is 15.1. The number of rotatable bonds is 2. The summed E-state index contributed by atoms with van der Waals surface area (Å²) in [6, 6.07) is 9.01. The molecular formula is C20H21NO3S. The van der Waals surface area contributed by atoms with Crippen LogP contribution in [0.3, 0.4) is 0 Å². The quantitative estimate of drug-likeness (QED) is 0.807. The van der Waals surface area contributed by atoms with Crippen molar-refractivity contribution in [3.63, 3.8) is 0 Å². The Morgan fingerprint density at radius 2 is 1.96 bits per heavy atom. The van der Waals surface area contributed by atoms with Gasteiger partial charge in [0.25, 0.3) is 0 Å². The van der Waals surface area contributed by atoms with Gasteiger partial charge in [-0.05, 0) is 56.4 Å². The van der Waals surface area contributed by atoms with E-state index < -0.39 is 10.0 Å². The number of nitrogens with zero attached hydrogens (tertiary/aromatic N) is 1. The summed E-state index contributed by atoms with van der Waals surface area (Å²) in [6.07, 6.45) is 8.04. The molecule has 25 heavy (non-hydrogen) atoms. The molecule has 1 aliphatic heterocycles. The van der Waals surface area contributed by atoms with Gasteiger partial charge in [-0.1, -0.05) is 23.8 Å². The molecule has 2 aliphatic carbocycles. The van der Waals surface area contributed by atoms with E-state index in [1.807, 2.05) is 25.1 Å². The highest BCUT2D eigenvalue weighted by atomic mass is 32.2. The summed E-state index contributed by atoms with van der Waals surface area (Å²) < 4.78 is 34.2. The van der Waals surface area contributed by atoms with E-state index in [1.54, 1.807) is 22.7 Å². The summed E-state index contributed by atoms with van der Waals surface area (Å²) in [4.78, 5) is 0.383. The van der Waals surface area contributed by atoms with E-state index in [0.29, 0.717) is 11.4 Å². The maximum Gasteiger partial charge on any atom is 0.243 e. The van der Waals surface area contributed by atoms with Gasteiger partial charge in [-0.2, -0.15) is 4.31 Å². The minimum absolute atomic E-state index is 0.0918. The standard InChI is InChI=1S/C20H21NO3S/c1-14-5-7-15(8-6-14)25(22,23)21-12-11-20-10-3-2-4-17(20)18-16(19(20)21)9-13-24-18/h4-9,13,19H,2-3,10-12H2,1H3/t19-,20+/m0/s1. The lowest BCUT2D eigenvalue weighted by atomic mass is 9.71. The molecule has 0 saturated carbocycles. The lowest BCUT2D eigenvalue weighted by Crippen LogP contribution is -2.34. The van der Waals surface area contributed by atoms with Crippen molar-refractivity contribution in [2.24, 2.45) is 5.41 Å². The number of allylic oxidation sites excluding steroid dienone is 1. The van der Waals surface area contributed by atoms with Crippen LogP contribution in [0, 0.1) is 12.3 Å². The molecule has 0 unspecified atom stereocenters. The summed E-state index contributed by atoms with van der Waals surface area (Å²) in [7, 11) is -3.52. The van der Waals surface area contributed by atoms with Gasteiger partial charge in [-0.25, -0.2) is 8.42 Å². The molecule has 5 rings (SSSR count). The van der Waals surface area contributed by atoms with Crippen molar-refractivity contribution in [2.45, 2.75) is 43.5 Å². The first-order valence-corrected chi connectivity index (χ1v) is 10.3. The van der Waals surface area contributed by atoms with Crippen molar-refractivity contribution in [3.05, 3.63) is 59.6 Å². The molecule has 3 aliphatic rings. The Labute approximate surface area is 148 Å². The second-order valence-electron chi connectivity index (χ2n) is 7.45. The van der Waals surface area contributed by atoms with Gasteiger partial charge in [0.1, 0.15) is 5.76 Å². The van der Waals surface area contributed by atoms with Crippen LogP contribution in [-0.4, -0.2) is 19.3 Å². The molecule has 0 N–H and O–H groups in total. The lowest BCUT2D eigenvalue weighted by molar-refractivity contribution is 0.269. The van der Waals surface area contributed by atoms with E-state index in [2.05, 4.69) is 6.08 Å². The molecule has 5 heteroatoms. The first-order valence-electron chi connectivity index (χ1n) is 8.91. The number of fused-ring (bicyclic) bond motifs is 3. The second kappa shape index (κ2) is 5.08. The van der Waals surface area contributed by atoms with Crippen molar-refractivity contribution >= 4 is 15.6 Å².